The molecule has 0 bridgehead atoms. The van der Waals surface area contributed by atoms with Gasteiger partial charge in [-0.25, -0.2) is 0 Å². The van der Waals surface area contributed by atoms with E-state index in [1.165, 1.54) is 0 Å². The highest BCUT2D eigenvalue weighted by Gasteiger charge is 2.24. The third-order valence-electron chi connectivity index (χ3n) is 3.12. The lowest BCUT2D eigenvalue weighted by Crippen LogP contribution is -2.46. The molecule has 0 aromatic heterocycles. The molecule has 106 valence electrons. The summed E-state index contributed by atoms with van der Waals surface area (Å²) in [5.41, 5.74) is 0.853. The Hall–Kier alpha value is -2.35. The van der Waals surface area contributed by atoms with E-state index in [1.807, 2.05) is 33.8 Å². The topological polar surface area (TPSA) is 82.0 Å². The zero-order valence-corrected chi connectivity index (χ0v) is 12.2. The molecule has 0 heterocycles. The van der Waals surface area contributed by atoms with Gasteiger partial charge in [0, 0.05) is 11.7 Å². The molecule has 0 aliphatic carbocycles. The largest absolute Gasteiger partial charge is 0.345 e. The first-order chi connectivity index (χ1) is 9.24. The van der Waals surface area contributed by atoms with Crippen molar-refractivity contribution in [3.63, 3.8) is 0 Å². The predicted molar refractivity (Wildman–Crippen MR) is 76.8 cm³/mol. The van der Waals surface area contributed by atoms with Crippen molar-refractivity contribution < 1.29 is 9.59 Å². The van der Waals surface area contributed by atoms with Crippen LogP contribution in [0.1, 0.15) is 33.3 Å². The summed E-state index contributed by atoms with van der Waals surface area (Å²) in [7, 11) is 0. The molecule has 0 fully saturated rings. The first kappa shape index (κ1) is 15.7. The molecule has 0 unspecified atom stereocenters. The van der Waals surface area contributed by atoms with Crippen LogP contribution in [-0.4, -0.2) is 17.9 Å². The summed E-state index contributed by atoms with van der Waals surface area (Å²) in [6.45, 7) is 7.80. The third-order valence-corrected chi connectivity index (χ3v) is 3.12. The van der Waals surface area contributed by atoms with Crippen LogP contribution in [0.4, 0.5) is 5.69 Å². The van der Waals surface area contributed by atoms with Crippen LogP contribution in [0.15, 0.2) is 24.3 Å². The number of carbonyl (C=O) groups excluding carboxylic acids is 2. The maximum absolute atomic E-state index is 11.8. The van der Waals surface area contributed by atoms with E-state index in [0.717, 1.165) is 0 Å². The molecule has 0 spiro atoms. The molecule has 1 atom stereocenters. The zero-order chi connectivity index (χ0) is 15.3. The zero-order valence-electron chi connectivity index (χ0n) is 12.2. The number of nitrogens with zero attached hydrogens (tertiary/aromatic N) is 1. The van der Waals surface area contributed by atoms with Crippen molar-refractivity contribution >= 4 is 17.5 Å². The first-order valence-corrected chi connectivity index (χ1v) is 6.36. The SMILES string of the molecule is C[C@@H](NC(=O)C(=O)Nc1ccc(C#N)cc1)C(C)(C)C. The molecular formula is C15H19N3O2. The fraction of sp³-hybridized carbons (Fsp3) is 0.400. The number of rotatable bonds is 2. The Morgan fingerprint density at radius 2 is 1.70 bits per heavy atom. The maximum Gasteiger partial charge on any atom is 0.313 e. The van der Waals surface area contributed by atoms with Crippen molar-refractivity contribution in [3.8, 4) is 6.07 Å². The van der Waals surface area contributed by atoms with Crippen molar-refractivity contribution in [1.82, 2.24) is 5.32 Å². The van der Waals surface area contributed by atoms with Crippen LogP contribution >= 0.6 is 0 Å². The summed E-state index contributed by atoms with van der Waals surface area (Å²) in [5, 5.41) is 13.8. The van der Waals surface area contributed by atoms with Crippen LogP contribution in [0.25, 0.3) is 0 Å². The summed E-state index contributed by atoms with van der Waals surface area (Å²) in [6, 6.07) is 8.17. The summed E-state index contributed by atoms with van der Waals surface area (Å²) < 4.78 is 0. The van der Waals surface area contributed by atoms with Gasteiger partial charge in [-0.2, -0.15) is 5.26 Å². The summed E-state index contributed by atoms with van der Waals surface area (Å²) >= 11 is 0. The highest BCUT2D eigenvalue weighted by molar-refractivity contribution is 6.39. The summed E-state index contributed by atoms with van der Waals surface area (Å²) in [6.07, 6.45) is 0. The van der Waals surface area contributed by atoms with Crippen LogP contribution < -0.4 is 10.6 Å². The molecule has 5 nitrogen and oxygen atoms in total. The quantitative estimate of drug-likeness (QED) is 0.809. The van der Waals surface area contributed by atoms with E-state index in [0.29, 0.717) is 11.3 Å². The van der Waals surface area contributed by atoms with Gasteiger partial charge < -0.3 is 10.6 Å². The minimum absolute atomic E-state index is 0.121. The Kier molecular flexibility index (Phi) is 4.87. The lowest BCUT2D eigenvalue weighted by Gasteiger charge is -2.27. The molecule has 0 saturated carbocycles. The van der Waals surface area contributed by atoms with Gasteiger partial charge in [0.2, 0.25) is 0 Å². The van der Waals surface area contributed by atoms with Gasteiger partial charge in [-0.1, -0.05) is 20.8 Å². The summed E-state index contributed by atoms with van der Waals surface area (Å²) in [4.78, 5) is 23.5. The Bertz CT molecular complexity index is 536. The van der Waals surface area contributed by atoms with Gasteiger partial charge in [-0.3, -0.25) is 9.59 Å². The second kappa shape index (κ2) is 6.20. The molecular weight excluding hydrogens is 254 g/mol. The smallest absolute Gasteiger partial charge is 0.313 e. The molecule has 2 N–H and O–H groups in total. The first-order valence-electron chi connectivity index (χ1n) is 6.36. The molecule has 0 aliphatic heterocycles. The van der Waals surface area contributed by atoms with Gasteiger partial charge in [-0.15, -0.1) is 0 Å². The Balaban J connectivity index is 2.62. The normalized spacial score (nSPS) is 12.2. The number of anilines is 1. The minimum atomic E-state index is -0.717. The minimum Gasteiger partial charge on any atom is -0.345 e. The average Bonchev–Trinajstić information content (AvgIpc) is 2.38. The van der Waals surface area contributed by atoms with Gasteiger partial charge >= 0.3 is 11.8 Å². The number of nitriles is 1. The highest BCUT2D eigenvalue weighted by atomic mass is 16.2. The molecule has 0 radical (unpaired) electrons. The Morgan fingerprint density at radius 3 is 2.15 bits per heavy atom. The molecule has 5 heteroatoms. The number of nitrogens with one attached hydrogen (secondary N) is 2. The van der Waals surface area contributed by atoms with Crippen LogP contribution in [0.2, 0.25) is 0 Å². The van der Waals surface area contributed by atoms with Gasteiger partial charge in [0.05, 0.1) is 11.6 Å². The van der Waals surface area contributed by atoms with E-state index in [9.17, 15) is 9.59 Å². The second-order valence-electron chi connectivity index (χ2n) is 5.70. The van der Waals surface area contributed by atoms with Crippen molar-refractivity contribution in [2.75, 3.05) is 5.32 Å². The van der Waals surface area contributed by atoms with E-state index in [1.54, 1.807) is 24.3 Å². The lowest BCUT2D eigenvalue weighted by atomic mass is 9.88. The van der Waals surface area contributed by atoms with E-state index in [4.69, 9.17) is 5.26 Å². The van der Waals surface area contributed by atoms with Gasteiger partial charge in [-0.05, 0) is 36.6 Å². The van der Waals surface area contributed by atoms with E-state index in [-0.39, 0.29) is 11.5 Å². The molecule has 20 heavy (non-hydrogen) atoms. The van der Waals surface area contributed by atoms with Gasteiger partial charge in [0.15, 0.2) is 0 Å². The van der Waals surface area contributed by atoms with Crippen molar-refractivity contribution in [3.05, 3.63) is 29.8 Å². The molecule has 0 aliphatic rings. The number of amides is 2. The number of hydrogen-bond donors (Lipinski definition) is 2. The lowest BCUT2D eigenvalue weighted by molar-refractivity contribution is -0.137. The second-order valence-corrected chi connectivity index (χ2v) is 5.70. The van der Waals surface area contributed by atoms with Crippen molar-refractivity contribution in [2.24, 2.45) is 5.41 Å². The van der Waals surface area contributed by atoms with E-state index < -0.39 is 11.8 Å². The number of hydrogen-bond acceptors (Lipinski definition) is 3. The molecule has 1 aromatic carbocycles. The van der Waals surface area contributed by atoms with Gasteiger partial charge in [0.25, 0.3) is 0 Å². The van der Waals surface area contributed by atoms with E-state index in [2.05, 4.69) is 10.6 Å². The third kappa shape index (κ3) is 4.39. The van der Waals surface area contributed by atoms with Gasteiger partial charge in [0.1, 0.15) is 0 Å². The van der Waals surface area contributed by atoms with Crippen molar-refractivity contribution in [1.29, 1.82) is 5.26 Å². The van der Waals surface area contributed by atoms with E-state index >= 15 is 0 Å². The predicted octanol–water partition coefficient (Wildman–Crippen LogP) is 2.05. The van der Waals surface area contributed by atoms with Crippen LogP contribution in [0, 0.1) is 16.7 Å². The number of carbonyl (C=O) groups is 2. The monoisotopic (exact) mass is 273 g/mol. The standard InChI is InChI=1S/C15H19N3O2/c1-10(15(2,3)4)17-13(19)14(20)18-12-7-5-11(9-16)6-8-12/h5-8,10H,1-4H3,(H,17,19)(H,18,20)/t10-/m1/s1. The Labute approximate surface area is 119 Å². The van der Waals surface area contributed by atoms with Crippen molar-refractivity contribution in [2.45, 2.75) is 33.7 Å². The van der Waals surface area contributed by atoms with Crippen LogP contribution in [-0.2, 0) is 9.59 Å². The fourth-order valence-corrected chi connectivity index (χ4v) is 1.29. The fourth-order valence-electron chi connectivity index (χ4n) is 1.29. The average molecular weight is 273 g/mol. The van der Waals surface area contributed by atoms with Crippen LogP contribution in [0.5, 0.6) is 0 Å². The highest BCUT2D eigenvalue weighted by Crippen LogP contribution is 2.18. The number of benzene rings is 1. The molecule has 1 rings (SSSR count). The molecule has 0 saturated heterocycles. The van der Waals surface area contributed by atoms with Crippen LogP contribution in [0.3, 0.4) is 0 Å². The molecule has 2 amide bonds. The summed E-state index contributed by atoms with van der Waals surface area (Å²) in [5.74, 6) is -1.39. The Morgan fingerprint density at radius 1 is 1.15 bits per heavy atom. The molecule has 1 aromatic rings. The maximum atomic E-state index is 11.8.